The van der Waals surface area contributed by atoms with Crippen LogP contribution in [0.2, 0.25) is 0 Å². The molecule has 0 radical (unpaired) electrons. The first kappa shape index (κ1) is 14.3. The lowest BCUT2D eigenvalue weighted by atomic mass is 10.3. The summed E-state index contributed by atoms with van der Waals surface area (Å²) in [6.07, 6.45) is -0.372. The fourth-order valence-electron chi connectivity index (χ4n) is 0.671. The maximum absolute atomic E-state index is 11.0. The van der Waals surface area contributed by atoms with Crippen molar-refractivity contribution in [3.63, 3.8) is 0 Å². The van der Waals surface area contributed by atoms with Crippen molar-refractivity contribution in [3.8, 4) is 0 Å². The van der Waals surface area contributed by atoms with Crippen LogP contribution in [-0.2, 0) is 18.8 Å². The second-order valence-electron chi connectivity index (χ2n) is 2.76. The van der Waals surface area contributed by atoms with Crippen LogP contribution in [0.4, 0.5) is 0 Å². The Balaban J connectivity index is 3.64. The Bertz CT molecular complexity index is 268. The highest BCUT2D eigenvalue weighted by molar-refractivity contribution is 7.51. The highest BCUT2D eigenvalue weighted by Crippen LogP contribution is 2.33. The summed E-state index contributed by atoms with van der Waals surface area (Å²) in [6, 6.07) is 0. The van der Waals surface area contributed by atoms with Gasteiger partial charge in [0.25, 0.3) is 0 Å². The molecule has 0 saturated carbocycles. The van der Waals surface area contributed by atoms with Crippen molar-refractivity contribution < 1.29 is 28.6 Å². The largest absolute Gasteiger partial charge is 0.463 e. The summed E-state index contributed by atoms with van der Waals surface area (Å²) in [4.78, 5) is 28.0. The highest BCUT2D eigenvalue weighted by atomic mass is 31.2. The summed E-state index contributed by atoms with van der Waals surface area (Å²) >= 11 is 0. The molecule has 15 heavy (non-hydrogen) atoms. The molecule has 0 heterocycles. The molecule has 0 aliphatic heterocycles. The van der Waals surface area contributed by atoms with Crippen molar-refractivity contribution >= 4 is 13.6 Å². The molecule has 0 rings (SSSR count). The molecule has 6 nitrogen and oxygen atoms in total. The normalized spacial score (nSPS) is 11.1. The van der Waals surface area contributed by atoms with Crippen molar-refractivity contribution in [2.24, 2.45) is 0 Å². The van der Waals surface area contributed by atoms with E-state index in [-0.39, 0.29) is 31.6 Å². The minimum Gasteiger partial charge on any atom is -0.463 e. The fraction of sp³-hybridized carbons (Fsp3) is 0.625. The molecule has 0 aromatic carbocycles. The van der Waals surface area contributed by atoms with Gasteiger partial charge in [-0.15, -0.1) is 0 Å². The molecule has 0 atom stereocenters. The average Bonchev–Trinajstić information content (AvgIpc) is 2.11. The highest BCUT2D eigenvalue weighted by Gasteiger charge is 2.13. The second-order valence-corrected chi connectivity index (χ2v) is 4.54. The summed E-state index contributed by atoms with van der Waals surface area (Å²) in [5, 5.41) is 0. The average molecular weight is 238 g/mol. The minimum atomic E-state index is -4.03. The number of esters is 1. The summed E-state index contributed by atoms with van der Waals surface area (Å²) in [7, 11) is -4.03. The molecule has 0 aliphatic rings. The van der Waals surface area contributed by atoms with Crippen LogP contribution in [0.1, 0.15) is 6.92 Å². The zero-order valence-corrected chi connectivity index (χ0v) is 9.40. The molecule has 0 aliphatic carbocycles. The molecule has 0 bridgehead atoms. The van der Waals surface area contributed by atoms with Crippen LogP contribution in [-0.4, -0.2) is 41.7 Å². The Morgan fingerprint density at radius 1 is 1.47 bits per heavy atom. The first-order valence-corrected chi connectivity index (χ1v) is 6.13. The number of rotatable bonds is 7. The van der Waals surface area contributed by atoms with Gasteiger partial charge >= 0.3 is 13.6 Å². The predicted molar refractivity (Wildman–Crippen MR) is 53.5 cm³/mol. The lowest BCUT2D eigenvalue weighted by Gasteiger charge is -2.07. The van der Waals surface area contributed by atoms with Crippen molar-refractivity contribution in [2.75, 3.05) is 26.0 Å². The zero-order chi connectivity index (χ0) is 11.9. The zero-order valence-electron chi connectivity index (χ0n) is 8.51. The summed E-state index contributed by atoms with van der Waals surface area (Å²) in [6.45, 7) is 5.12. The fourth-order valence-corrected chi connectivity index (χ4v) is 1.04. The molecular formula is C8H15O6P. The quantitative estimate of drug-likeness (QED) is 0.287. The molecule has 0 amide bonds. The Kier molecular flexibility index (Phi) is 6.43. The van der Waals surface area contributed by atoms with E-state index in [1.54, 1.807) is 6.92 Å². The lowest BCUT2D eigenvalue weighted by molar-refractivity contribution is -0.139. The third-order valence-electron chi connectivity index (χ3n) is 1.37. The molecule has 0 aromatic heterocycles. The van der Waals surface area contributed by atoms with Crippen LogP contribution in [0.5, 0.6) is 0 Å². The summed E-state index contributed by atoms with van der Waals surface area (Å²) in [5.41, 5.74) is 0.127. The number of hydrogen-bond donors (Lipinski definition) is 2. The minimum absolute atomic E-state index is 0.0845. The van der Waals surface area contributed by atoms with Crippen molar-refractivity contribution in [1.82, 2.24) is 0 Å². The van der Waals surface area contributed by atoms with E-state index in [2.05, 4.69) is 11.3 Å². The van der Waals surface area contributed by atoms with E-state index in [0.717, 1.165) is 0 Å². The van der Waals surface area contributed by atoms with E-state index in [4.69, 9.17) is 14.5 Å². The van der Waals surface area contributed by atoms with Gasteiger partial charge in [0.15, 0.2) is 0 Å². The summed E-state index contributed by atoms with van der Waals surface area (Å²) < 4.78 is 19.9. The lowest BCUT2D eigenvalue weighted by Crippen LogP contribution is -2.13. The molecular weight excluding hydrogens is 223 g/mol. The predicted octanol–water partition coefficient (Wildman–Crippen LogP) is 0.300. The van der Waals surface area contributed by atoms with Crippen molar-refractivity contribution in [1.29, 1.82) is 0 Å². The van der Waals surface area contributed by atoms with Gasteiger partial charge < -0.3 is 19.3 Å². The first-order chi connectivity index (χ1) is 6.87. The van der Waals surface area contributed by atoms with E-state index in [0.29, 0.717) is 0 Å². The smallest absolute Gasteiger partial charge is 0.335 e. The number of carbonyl (C=O) groups excluding carboxylic acids is 1. The van der Waals surface area contributed by atoms with Gasteiger partial charge in [0.2, 0.25) is 0 Å². The molecule has 88 valence electrons. The Labute approximate surface area is 88.0 Å². The monoisotopic (exact) mass is 238 g/mol. The van der Waals surface area contributed by atoms with Crippen LogP contribution >= 0.6 is 7.60 Å². The first-order valence-electron chi connectivity index (χ1n) is 4.34. The SMILES string of the molecule is C=C(COCCP(=O)(O)O)C(=O)OCC. The van der Waals surface area contributed by atoms with Crippen LogP contribution in [0.3, 0.4) is 0 Å². The Morgan fingerprint density at radius 2 is 2.07 bits per heavy atom. The molecule has 7 heteroatoms. The molecule has 2 N–H and O–H groups in total. The van der Waals surface area contributed by atoms with Gasteiger partial charge in [-0.05, 0) is 6.92 Å². The maximum atomic E-state index is 11.0. The second kappa shape index (κ2) is 6.74. The Hall–Kier alpha value is -0.680. The van der Waals surface area contributed by atoms with E-state index in [9.17, 15) is 9.36 Å². The van der Waals surface area contributed by atoms with Gasteiger partial charge in [-0.2, -0.15) is 0 Å². The topological polar surface area (TPSA) is 93.1 Å². The Morgan fingerprint density at radius 3 is 2.53 bits per heavy atom. The molecule has 0 saturated heterocycles. The van der Waals surface area contributed by atoms with Crippen LogP contribution < -0.4 is 0 Å². The molecule has 0 fully saturated rings. The van der Waals surface area contributed by atoms with Crippen molar-refractivity contribution in [3.05, 3.63) is 12.2 Å². The van der Waals surface area contributed by atoms with Crippen molar-refractivity contribution in [2.45, 2.75) is 6.92 Å². The van der Waals surface area contributed by atoms with Crippen LogP contribution in [0, 0.1) is 0 Å². The van der Waals surface area contributed by atoms with E-state index in [1.807, 2.05) is 0 Å². The van der Waals surface area contributed by atoms with Gasteiger partial charge in [0, 0.05) is 0 Å². The van der Waals surface area contributed by atoms with Gasteiger partial charge in [0.05, 0.1) is 31.6 Å². The number of ether oxygens (including phenoxy) is 2. The van der Waals surface area contributed by atoms with Gasteiger partial charge in [-0.3, -0.25) is 4.57 Å². The third-order valence-corrected chi connectivity index (χ3v) is 2.13. The van der Waals surface area contributed by atoms with Crippen LogP contribution in [0.25, 0.3) is 0 Å². The summed E-state index contributed by atoms with van der Waals surface area (Å²) in [5.74, 6) is -0.561. The van der Waals surface area contributed by atoms with Crippen LogP contribution in [0.15, 0.2) is 12.2 Å². The van der Waals surface area contributed by atoms with E-state index >= 15 is 0 Å². The van der Waals surface area contributed by atoms with Gasteiger partial charge in [-0.25, -0.2) is 4.79 Å². The number of hydrogen-bond acceptors (Lipinski definition) is 4. The third kappa shape index (κ3) is 8.32. The number of carbonyl (C=O) groups is 1. The molecule has 0 spiro atoms. The molecule has 0 unspecified atom stereocenters. The standard InChI is InChI=1S/C8H15O6P/c1-3-14-8(9)7(2)6-13-4-5-15(10,11)12/h2-6H2,1H3,(H2,10,11,12). The maximum Gasteiger partial charge on any atom is 0.335 e. The van der Waals surface area contributed by atoms with Gasteiger partial charge in [-0.1, -0.05) is 6.58 Å². The van der Waals surface area contributed by atoms with E-state index < -0.39 is 13.6 Å². The molecule has 0 aromatic rings. The van der Waals surface area contributed by atoms with Gasteiger partial charge in [0.1, 0.15) is 0 Å². The van der Waals surface area contributed by atoms with E-state index in [1.165, 1.54) is 0 Å².